The van der Waals surface area contributed by atoms with Crippen LogP contribution in [0.3, 0.4) is 0 Å². The number of likely N-dealkylation sites (tertiary alicyclic amines) is 4. The summed E-state index contributed by atoms with van der Waals surface area (Å²) in [6, 6.07) is 30.1. The van der Waals surface area contributed by atoms with Gasteiger partial charge < -0.3 is 19.8 Å². The Morgan fingerprint density at radius 3 is 1.45 bits per heavy atom. The Kier molecular flexibility index (Phi) is 11.7. The highest BCUT2D eigenvalue weighted by molar-refractivity contribution is 5.85. The maximum atomic E-state index is 14.9. The van der Waals surface area contributed by atoms with Crippen LogP contribution in [0.4, 0.5) is 13.2 Å². The number of H-pyrrole nitrogens is 2. The van der Waals surface area contributed by atoms with E-state index in [-0.39, 0.29) is 41.5 Å². The highest BCUT2D eigenvalue weighted by Gasteiger charge is 2.41. The van der Waals surface area contributed by atoms with Gasteiger partial charge in [-0.3, -0.25) is 19.4 Å². The number of aromatic amines is 2. The van der Waals surface area contributed by atoms with E-state index in [4.69, 9.17) is 4.98 Å². The van der Waals surface area contributed by atoms with Crippen LogP contribution < -0.4 is 0 Å². The Morgan fingerprint density at radius 2 is 0.984 bits per heavy atom. The lowest BCUT2D eigenvalue weighted by Gasteiger charge is -2.33. The van der Waals surface area contributed by atoms with Gasteiger partial charge in [0.05, 0.1) is 41.4 Å². The predicted octanol–water partition coefficient (Wildman–Crippen LogP) is 10.2. The summed E-state index contributed by atoms with van der Waals surface area (Å²) in [6.45, 7) is 4.76. The summed E-state index contributed by atoms with van der Waals surface area (Å²) in [7, 11) is 0. The second-order valence-corrected chi connectivity index (χ2v) is 17.7. The molecule has 0 spiro atoms. The number of halogens is 3. The molecule has 0 radical (unpaired) electrons. The van der Waals surface area contributed by atoms with Crippen LogP contribution in [0, 0.1) is 0 Å². The molecule has 4 aliphatic rings. The molecule has 4 aliphatic heterocycles. The molecule has 2 amide bonds. The number of hydrogen-bond donors (Lipinski definition) is 2. The Hall–Kier alpha value is -6.05. The molecular weight excluding hydrogens is 814 g/mol. The van der Waals surface area contributed by atoms with Crippen molar-refractivity contribution in [2.75, 3.05) is 39.3 Å². The first kappa shape index (κ1) is 41.9. The quantitative estimate of drug-likeness (QED) is 0.134. The first-order valence-corrected chi connectivity index (χ1v) is 22.8. The van der Waals surface area contributed by atoms with Gasteiger partial charge >= 0.3 is 6.18 Å². The van der Waals surface area contributed by atoms with Gasteiger partial charge in [-0.2, -0.15) is 13.2 Å². The van der Waals surface area contributed by atoms with E-state index in [0.29, 0.717) is 41.6 Å². The topological polar surface area (TPSA) is 104 Å². The summed E-state index contributed by atoms with van der Waals surface area (Å²) in [5.74, 6) is 1.42. The van der Waals surface area contributed by atoms with Gasteiger partial charge in [-0.25, -0.2) is 9.97 Å². The Morgan fingerprint density at radius 1 is 0.547 bits per heavy atom. The number of hydrogen-bond acceptors (Lipinski definition) is 6. The number of amides is 2. The van der Waals surface area contributed by atoms with Gasteiger partial charge in [0, 0.05) is 18.7 Å². The van der Waals surface area contributed by atoms with Gasteiger partial charge in [-0.05, 0) is 111 Å². The Labute approximate surface area is 371 Å². The van der Waals surface area contributed by atoms with Crippen LogP contribution in [-0.2, 0) is 15.8 Å². The summed E-state index contributed by atoms with van der Waals surface area (Å²) in [4.78, 5) is 53.2. The molecule has 4 aromatic carbocycles. The van der Waals surface area contributed by atoms with Crippen LogP contribution in [0.1, 0.15) is 104 Å². The zero-order chi connectivity index (χ0) is 43.8. The van der Waals surface area contributed by atoms with Gasteiger partial charge in [-0.15, -0.1) is 0 Å². The number of rotatable bonds is 11. The maximum Gasteiger partial charge on any atom is 0.417 e. The first-order chi connectivity index (χ1) is 31.2. The normalized spacial score (nSPS) is 20.6. The van der Waals surface area contributed by atoms with Gasteiger partial charge in [0.25, 0.3) is 0 Å². The number of nitrogens with one attached hydrogen (secondary N) is 2. The number of carbonyl (C=O) groups excluding carboxylic acids is 2. The molecule has 0 bridgehead atoms. The number of nitrogens with zero attached hydrogens (tertiary/aromatic N) is 6. The van der Waals surface area contributed by atoms with Crippen LogP contribution in [-0.4, -0.2) is 90.6 Å². The first-order valence-electron chi connectivity index (χ1n) is 22.8. The molecule has 2 aromatic heterocycles. The molecule has 0 unspecified atom stereocenters. The molecule has 2 N–H and O–H groups in total. The monoisotopic (exact) mass is 866 g/mol. The van der Waals surface area contributed by atoms with E-state index in [1.54, 1.807) is 42.7 Å². The van der Waals surface area contributed by atoms with E-state index in [1.807, 2.05) is 70.5 Å². The number of alkyl halides is 3. The van der Waals surface area contributed by atoms with Gasteiger partial charge in [0.2, 0.25) is 11.8 Å². The average molecular weight is 867 g/mol. The zero-order valence-corrected chi connectivity index (χ0v) is 35.8. The van der Waals surface area contributed by atoms with E-state index >= 15 is 0 Å². The van der Waals surface area contributed by atoms with E-state index in [9.17, 15) is 22.8 Å². The minimum absolute atomic E-state index is 0.0358. The Balaban J connectivity index is 0.859. The molecule has 4 saturated heterocycles. The van der Waals surface area contributed by atoms with E-state index in [1.165, 1.54) is 12.1 Å². The second kappa shape index (κ2) is 17.8. The van der Waals surface area contributed by atoms with Crippen LogP contribution in [0.2, 0.25) is 0 Å². The van der Waals surface area contributed by atoms with Crippen LogP contribution in [0.15, 0.2) is 116 Å². The van der Waals surface area contributed by atoms with Crippen molar-refractivity contribution >= 4 is 11.8 Å². The van der Waals surface area contributed by atoms with Crippen LogP contribution in [0.25, 0.3) is 33.6 Å². The summed E-state index contributed by atoms with van der Waals surface area (Å²) >= 11 is 0. The molecular formula is C51H53F3N8O2. The molecule has 10 rings (SSSR count). The third kappa shape index (κ3) is 8.27. The fraction of sp³-hybridized carbons (Fsp3) is 0.373. The van der Waals surface area contributed by atoms with Gasteiger partial charge in [-0.1, -0.05) is 97.1 Å². The predicted molar refractivity (Wildman–Crippen MR) is 239 cm³/mol. The van der Waals surface area contributed by atoms with Crippen molar-refractivity contribution in [1.29, 1.82) is 0 Å². The van der Waals surface area contributed by atoms with E-state index in [2.05, 4.69) is 24.8 Å². The molecule has 0 aliphatic carbocycles. The maximum absolute atomic E-state index is 14.9. The zero-order valence-electron chi connectivity index (χ0n) is 35.8. The van der Waals surface area contributed by atoms with Crippen molar-refractivity contribution in [2.24, 2.45) is 0 Å². The third-order valence-electron chi connectivity index (χ3n) is 13.7. The summed E-state index contributed by atoms with van der Waals surface area (Å²) in [5.41, 5.74) is 4.06. The third-order valence-corrected chi connectivity index (χ3v) is 13.7. The minimum atomic E-state index is -4.62. The van der Waals surface area contributed by atoms with Gasteiger partial charge in [0.1, 0.15) is 23.7 Å². The molecule has 0 saturated carbocycles. The molecule has 10 nitrogen and oxygen atoms in total. The molecule has 6 heterocycles. The summed E-state index contributed by atoms with van der Waals surface area (Å²) < 4.78 is 44.6. The van der Waals surface area contributed by atoms with Gasteiger partial charge in [0.15, 0.2) is 0 Å². The van der Waals surface area contributed by atoms with E-state index < -0.39 is 11.7 Å². The highest BCUT2D eigenvalue weighted by atomic mass is 19.4. The molecule has 330 valence electrons. The number of imidazole rings is 2. The smallest absolute Gasteiger partial charge is 0.340 e. The van der Waals surface area contributed by atoms with Crippen LogP contribution in [0.5, 0.6) is 0 Å². The lowest BCUT2D eigenvalue weighted by Crippen LogP contribution is -2.42. The number of carbonyl (C=O) groups is 2. The van der Waals surface area contributed by atoms with Crippen molar-refractivity contribution < 1.29 is 22.8 Å². The molecule has 13 heteroatoms. The lowest BCUT2D eigenvalue weighted by atomic mass is 9.95. The molecule has 4 atom stereocenters. The summed E-state index contributed by atoms with van der Waals surface area (Å²) in [6.07, 6.45) is 6.16. The fourth-order valence-electron chi connectivity index (χ4n) is 10.6. The van der Waals surface area contributed by atoms with Crippen molar-refractivity contribution in [1.82, 2.24) is 39.5 Å². The minimum Gasteiger partial charge on any atom is -0.340 e. The Bertz CT molecular complexity index is 2560. The molecule has 6 aromatic rings. The van der Waals surface area contributed by atoms with Crippen molar-refractivity contribution in [3.05, 3.63) is 144 Å². The standard InChI is InChI=1S/C51H53F3N8O2/c52-51(53,54)40-31-38(42-33-56-48(58-42)44-18-12-30-62(44)50(64)46(60-27-9-10-28-60)37-15-5-2-6-16-37)23-24-39(40)34-19-21-35(22-20-34)41-32-55-47(57-41)43-17-11-29-61(43)49(63)45(59-25-7-8-26-59)36-13-3-1-4-14-36/h1-6,13-16,19-24,31-33,43-46H,7-12,17-18,25-30H2,(H,55,57)(H,56,58)/t43-,44-,45+,46+/m0/s1. The highest BCUT2D eigenvalue weighted by Crippen LogP contribution is 2.42. The lowest BCUT2D eigenvalue weighted by molar-refractivity contribution is -0.138. The molecule has 64 heavy (non-hydrogen) atoms. The van der Waals surface area contributed by atoms with Crippen molar-refractivity contribution in [3.63, 3.8) is 0 Å². The van der Waals surface area contributed by atoms with Crippen molar-refractivity contribution in [2.45, 2.75) is 81.7 Å². The number of benzene rings is 4. The van der Waals surface area contributed by atoms with E-state index in [0.717, 1.165) is 99.9 Å². The molecule has 4 fully saturated rings. The van der Waals surface area contributed by atoms with Crippen molar-refractivity contribution in [3.8, 4) is 33.6 Å². The largest absolute Gasteiger partial charge is 0.417 e. The fourth-order valence-corrected chi connectivity index (χ4v) is 10.6. The number of aromatic nitrogens is 4. The second-order valence-electron chi connectivity index (χ2n) is 17.7. The average Bonchev–Trinajstić information content (AvgIpc) is 4.18. The SMILES string of the molecule is O=C([C@@H](c1ccccc1)N1CCCC1)N1CCC[C@H]1c1ncc(-c2ccc(-c3ccc(-c4cnc([C@@H]5CCCN5C(=O)[C@@H](c5ccccc5)N5CCCC5)[nH]4)cc3C(F)(F)F)cc2)[nH]1. The summed E-state index contributed by atoms with van der Waals surface area (Å²) in [5, 5.41) is 0. The van der Waals surface area contributed by atoms with Crippen LogP contribution >= 0.6 is 0 Å².